The van der Waals surface area contributed by atoms with Gasteiger partial charge in [0.05, 0.1) is 0 Å². The van der Waals surface area contributed by atoms with Gasteiger partial charge in [0.15, 0.2) is 5.96 Å². The van der Waals surface area contributed by atoms with Gasteiger partial charge < -0.3 is 10.6 Å². The number of hydrogen-bond acceptors (Lipinski definition) is 2. The summed E-state index contributed by atoms with van der Waals surface area (Å²) in [6, 6.07) is 1.47. The molecule has 0 aromatic carbocycles. The molecule has 20 heavy (non-hydrogen) atoms. The minimum Gasteiger partial charge on any atom is -0.355 e. The van der Waals surface area contributed by atoms with E-state index in [2.05, 4.69) is 34.4 Å². The zero-order valence-corrected chi connectivity index (χ0v) is 13.5. The molecule has 0 aliphatic heterocycles. The van der Waals surface area contributed by atoms with Crippen LogP contribution in [0.3, 0.4) is 0 Å². The topological polar surface area (TPSA) is 39.7 Å². The van der Waals surface area contributed by atoms with Crippen LogP contribution in [0.4, 0.5) is 0 Å². The molecular formula is C16H32N4. The van der Waals surface area contributed by atoms with E-state index < -0.39 is 0 Å². The third-order valence-electron chi connectivity index (χ3n) is 4.74. The summed E-state index contributed by atoms with van der Waals surface area (Å²) in [5, 5.41) is 7.06. The van der Waals surface area contributed by atoms with Crippen molar-refractivity contribution in [3.63, 3.8) is 0 Å². The van der Waals surface area contributed by atoms with Crippen LogP contribution >= 0.6 is 0 Å². The molecule has 0 heterocycles. The summed E-state index contributed by atoms with van der Waals surface area (Å²) in [6.45, 7) is 7.91. The molecule has 0 bridgehead atoms. The number of guanidine groups is 1. The smallest absolute Gasteiger partial charge is 0.191 e. The fourth-order valence-corrected chi connectivity index (χ4v) is 3.15. The van der Waals surface area contributed by atoms with Crippen LogP contribution in [0.1, 0.15) is 52.4 Å². The van der Waals surface area contributed by atoms with Gasteiger partial charge in [-0.3, -0.25) is 9.89 Å². The Balaban J connectivity index is 1.64. The lowest BCUT2D eigenvalue weighted by Crippen LogP contribution is -2.46. The first-order valence-corrected chi connectivity index (χ1v) is 8.44. The fourth-order valence-electron chi connectivity index (χ4n) is 3.15. The van der Waals surface area contributed by atoms with Crippen molar-refractivity contribution >= 4 is 5.96 Å². The van der Waals surface area contributed by atoms with E-state index in [-0.39, 0.29) is 0 Å². The highest BCUT2D eigenvalue weighted by Crippen LogP contribution is 2.26. The van der Waals surface area contributed by atoms with Gasteiger partial charge in [-0.05, 0) is 51.0 Å². The zero-order chi connectivity index (χ0) is 14.4. The van der Waals surface area contributed by atoms with Crippen molar-refractivity contribution in [1.29, 1.82) is 0 Å². The van der Waals surface area contributed by atoms with E-state index in [1.807, 2.05) is 7.05 Å². The molecule has 0 aromatic rings. The van der Waals surface area contributed by atoms with Crippen molar-refractivity contribution in [3.8, 4) is 0 Å². The van der Waals surface area contributed by atoms with Crippen molar-refractivity contribution in [3.05, 3.63) is 0 Å². The van der Waals surface area contributed by atoms with Crippen LogP contribution in [0, 0.1) is 5.92 Å². The van der Waals surface area contributed by atoms with Crippen LogP contribution < -0.4 is 10.6 Å². The molecule has 2 saturated carbocycles. The summed E-state index contributed by atoms with van der Waals surface area (Å²) in [4.78, 5) is 6.93. The predicted molar refractivity (Wildman–Crippen MR) is 86.2 cm³/mol. The van der Waals surface area contributed by atoms with Gasteiger partial charge in [0.25, 0.3) is 0 Å². The second kappa shape index (κ2) is 7.87. The largest absolute Gasteiger partial charge is 0.355 e. The summed E-state index contributed by atoms with van der Waals surface area (Å²) in [6.07, 6.45) is 8.04. The highest BCUT2D eigenvalue weighted by Gasteiger charge is 2.27. The zero-order valence-electron chi connectivity index (χ0n) is 13.5. The normalized spacial score (nSPS) is 27.7. The molecule has 2 fully saturated rings. The standard InChI is InChI=1S/C16H32N4/c1-4-20(15-9-10-15)12-11-18-16(17-3)19-14-7-5-13(2)6-8-14/h13-15H,4-12H2,1-3H3,(H2,17,18,19). The van der Waals surface area contributed by atoms with Crippen LogP contribution in [0.15, 0.2) is 4.99 Å². The molecule has 0 amide bonds. The Kier molecular flexibility index (Phi) is 6.14. The molecule has 0 unspecified atom stereocenters. The number of likely N-dealkylation sites (N-methyl/N-ethyl adjacent to an activating group) is 1. The number of rotatable bonds is 6. The second-order valence-corrected chi connectivity index (χ2v) is 6.46. The van der Waals surface area contributed by atoms with Gasteiger partial charge in [0.1, 0.15) is 0 Å². The maximum absolute atomic E-state index is 4.36. The van der Waals surface area contributed by atoms with E-state index in [0.717, 1.165) is 31.0 Å². The van der Waals surface area contributed by atoms with Crippen molar-refractivity contribution in [2.75, 3.05) is 26.7 Å². The van der Waals surface area contributed by atoms with E-state index in [1.54, 1.807) is 0 Å². The van der Waals surface area contributed by atoms with E-state index in [0.29, 0.717) is 6.04 Å². The number of hydrogen-bond donors (Lipinski definition) is 2. The molecule has 116 valence electrons. The van der Waals surface area contributed by atoms with Gasteiger partial charge in [0.2, 0.25) is 0 Å². The monoisotopic (exact) mass is 280 g/mol. The number of nitrogens with zero attached hydrogens (tertiary/aromatic N) is 2. The van der Waals surface area contributed by atoms with Crippen molar-refractivity contribution in [1.82, 2.24) is 15.5 Å². The fraction of sp³-hybridized carbons (Fsp3) is 0.938. The first-order chi connectivity index (χ1) is 9.72. The van der Waals surface area contributed by atoms with Crippen LogP contribution in [0.2, 0.25) is 0 Å². The van der Waals surface area contributed by atoms with Crippen LogP contribution in [-0.4, -0.2) is 49.6 Å². The molecule has 2 rings (SSSR count). The lowest BCUT2D eigenvalue weighted by atomic mass is 9.87. The summed E-state index contributed by atoms with van der Waals surface area (Å²) in [5.41, 5.74) is 0. The first kappa shape index (κ1) is 15.6. The van der Waals surface area contributed by atoms with Crippen molar-refractivity contribution in [2.45, 2.75) is 64.5 Å². The van der Waals surface area contributed by atoms with E-state index in [1.165, 1.54) is 45.1 Å². The summed E-state index contributed by atoms with van der Waals surface area (Å²) >= 11 is 0. The molecule has 0 saturated heterocycles. The van der Waals surface area contributed by atoms with E-state index in [9.17, 15) is 0 Å². The Morgan fingerprint density at radius 1 is 1.15 bits per heavy atom. The maximum atomic E-state index is 4.36. The van der Waals surface area contributed by atoms with Gasteiger partial charge in [-0.2, -0.15) is 0 Å². The minimum absolute atomic E-state index is 0.614. The SMILES string of the molecule is CCN(CCNC(=NC)NC1CCC(C)CC1)C1CC1. The van der Waals surface area contributed by atoms with Crippen molar-refractivity contribution < 1.29 is 0 Å². The molecule has 0 atom stereocenters. The molecule has 4 heteroatoms. The van der Waals surface area contributed by atoms with E-state index in [4.69, 9.17) is 0 Å². The Morgan fingerprint density at radius 2 is 1.85 bits per heavy atom. The van der Waals surface area contributed by atoms with Crippen LogP contribution in [0.25, 0.3) is 0 Å². The highest BCUT2D eigenvalue weighted by atomic mass is 15.2. The van der Waals surface area contributed by atoms with Crippen LogP contribution in [-0.2, 0) is 0 Å². The lowest BCUT2D eigenvalue weighted by molar-refractivity contribution is 0.281. The Morgan fingerprint density at radius 3 is 2.40 bits per heavy atom. The van der Waals surface area contributed by atoms with Gasteiger partial charge in [-0.15, -0.1) is 0 Å². The lowest BCUT2D eigenvalue weighted by Gasteiger charge is -2.28. The quantitative estimate of drug-likeness (QED) is 0.579. The maximum Gasteiger partial charge on any atom is 0.191 e. The van der Waals surface area contributed by atoms with Gasteiger partial charge in [0, 0.05) is 32.2 Å². The van der Waals surface area contributed by atoms with Gasteiger partial charge in [-0.25, -0.2) is 0 Å². The third kappa shape index (κ3) is 4.97. The predicted octanol–water partition coefficient (Wildman–Crippen LogP) is 2.21. The summed E-state index contributed by atoms with van der Waals surface area (Å²) in [5.74, 6) is 1.89. The molecule has 2 N–H and O–H groups in total. The molecule has 0 radical (unpaired) electrons. The average Bonchev–Trinajstić information content (AvgIpc) is 3.29. The van der Waals surface area contributed by atoms with Gasteiger partial charge in [-0.1, -0.05) is 13.8 Å². The van der Waals surface area contributed by atoms with Crippen molar-refractivity contribution in [2.24, 2.45) is 10.9 Å². The summed E-state index contributed by atoms with van der Waals surface area (Å²) < 4.78 is 0. The average molecular weight is 280 g/mol. The molecule has 2 aliphatic rings. The first-order valence-electron chi connectivity index (χ1n) is 8.44. The Bertz CT molecular complexity index is 304. The van der Waals surface area contributed by atoms with Gasteiger partial charge >= 0.3 is 0 Å². The third-order valence-corrected chi connectivity index (χ3v) is 4.74. The van der Waals surface area contributed by atoms with E-state index >= 15 is 0 Å². The minimum atomic E-state index is 0.614. The second-order valence-electron chi connectivity index (χ2n) is 6.46. The Labute approximate surface area is 124 Å². The molecule has 4 nitrogen and oxygen atoms in total. The Hall–Kier alpha value is -0.770. The molecule has 2 aliphatic carbocycles. The number of aliphatic imine (C=N–C) groups is 1. The molecular weight excluding hydrogens is 248 g/mol. The molecule has 0 aromatic heterocycles. The van der Waals surface area contributed by atoms with Crippen LogP contribution in [0.5, 0.6) is 0 Å². The summed E-state index contributed by atoms with van der Waals surface area (Å²) in [7, 11) is 1.87. The molecule has 0 spiro atoms. The highest BCUT2D eigenvalue weighted by molar-refractivity contribution is 5.79. The number of nitrogens with one attached hydrogen (secondary N) is 2.